The zero-order valence-corrected chi connectivity index (χ0v) is 16.5. The third-order valence-electron chi connectivity index (χ3n) is 5.45. The van der Waals surface area contributed by atoms with Crippen LogP contribution < -0.4 is 11.0 Å². The van der Waals surface area contributed by atoms with Crippen molar-refractivity contribution in [1.29, 1.82) is 0 Å². The summed E-state index contributed by atoms with van der Waals surface area (Å²) in [5, 5.41) is 3.17. The fraction of sp³-hybridized carbons (Fsp3) is 0.167. The van der Waals surface area contributed by atoms with Gasteiger partial charge in [0.05, 0.1) is 16.6 Å². The smallest absolute Gasteiger partial charge is 0.329 e. The van der Waals surface area contributed by atoms with Crippen LogP contribution >= 0.6 is 0 Å². The van der Waals surface area contributed by atoms with Crippen LogP contribution in [0.3, 0.4) is 0 Å². The van der Waals surface area contributed by atoms with Crippen LogP contribution in [0.25, 0.3) is 11.0 Å². The first-order chi connectivity index (χ1) is 14.0. The minimum Gasteiger partial charge on any atom is -0.341 e. The number of carbonyl (C=O) groups excluding carboxylic acids is 1. The van der Waals surface area contributed by atoms with E-state index in [-0.39, 0.29) is 18.1 Å². The predicted octanol–water partition coefficient (Wildman–Crippen LogP) is 3.42. The molecule has 1 aromatic heterocycles. The lowest BCUT2D eigenvalue weighted by atomic mass is 9.84. The fourth-order valence-electron chi connectivity index (χ4n) is 3.83. The fourth-order valence-corrected chi connectivity index (χ4v) is 3.83. The molecule has 146 valence electrons. The van der Waals surface area contributed by atoms with Gasteiger partial charge in [-0.3, -0.25) is 13.9 Å². The Bertz CT molecular complexity index is 1170. The Kier molecular flexibility index (Phi) is 4.80. The van der Waals surface area contributed by atoms with Crippen molar-refractivity contribution in [3.8, 4) is 0 Å². The van der Waals surface area contributed by atoms with Gasteiger partial charge < -0.3 is 5.32 Å². The lowest BCUT2D eigenvalue weighted by molar-refractivity contribution is -0.123. The van der Waals surface area contributed by atoms with Crippen molar-refractivity contribution in [3.05, 3.63) is 107 Å². The van der Waals surface area contributed by atoms with Crippen LogP contribution in [0.15, 0.2) is 89.7 Å². The number of aromatic nitrogens is 2. The van der Waals surface area contributed by atoms with Crippen LogP contribution in [0.2, 0.25) is 0 Å². The van der Waals surface area contributed by atoms with Crippen molar-refractivity contribution in [2.75, 3.05) is 0 Å². The molecule has 0 atom stereocenters. The van der Waals surface area contributed by atoms with Crippen LogP contribution in [-0.4, -0.2) is 15.0 Å². The average Bonchev–Trinajstić information content (AvgIpc) is 3.00. The Hall–Kier alpha value is -3.60. The van der Waals surface area contributed by atoms with E-state index in [9.17, 15) is 9.59 Å². The van der Waals surface area contributed by atoms with Gasteiger partial charge in [0.15, 0.2) is 0 Å². The van der Waals surface area contributed by atoms with Gasteiger partial charge in [-0.15, -0.1) is 0 Å². The van der Waals surface area contributed by atoms with Gasteiger partial charge in [-0.25, -0.2) is 4.79 Å². The molecule has 1 N–H and O–H groups in total. The number of amides is 1. The number of benzene rings is 3. The van der Waals surface area contributed by atoms with Gasteiger partial charge >= 0.3 is 5.69 Å². The Morgan fingerprint density at radius 3 is 1.86 bits per heavy atom. The zero-order chi connectivity index (χ0) is 20.4. The van der Waals surface area contributed by atoms with E-state index < -0.39 is 5.54 Å². The number of fused-ring (bicyclic) bond motifs is 1. The van der Waals surface area contributed by atoms with E-state index in [0.717, 1.165) is 22.2 Å². The highest BCUT2D eigenvalue weighted by molar-refractivity contribution is 5.81. The van der Waals surface area contributed by atoms with Gasteiger partial charge in [0.1, 0.15) is 6.54 Å². The van der Waals surface area contributed by atoms with Gasteiger partial charge in [-0.05, 0) is 30.2 Å². The molecular weight excluding hydrogens is 362 g/mol. The molecule has 4 rings (SSSR count). The van der Waals surface area contributed by atoms with Gasteiger partial charge in [0.2, 0.25) is 5.91 Å². The van der Waals surface area contributed by atoms with Crippen molar-refractivity contribution < 1.29 is 4.79 Å². The largest absolute Gasteiger partial charge is 0.341 e. The molecule has 1 amide bonds. The molecule has 0 unspecified atom stereocenters. The molecule has 0 saturated carbocycles. The van der Waals surface area contributed by atoms with Crippen molar-refractivity contribution in [2.45, 2.75) is 19.0 Å². The summed E-state index contributed by atoms with van der Waals surface area (Å²) in [6.45, 7) is 1.94. The lowest BCUT2D eigenvalue weighted by Gasteiger charge is -2.32. The van der Waals surface area contributed by atoms with Gasteiger partial charge in [0.25, 0.3) is 0 Å². The quantitative estimate of drug-likeness (QED) is 0.572. The SMILES string of the molecule is Cn1c(=O)n(CC(=O)NC(C)(c2ccccc2)c2ccccc2)c2ccccc21. The van der Waals surface area contributed by atoms with E-state index in [0.29, 0.717) is 0 Å². The maximum absolute atomic E-state index is 13.1. The molecule has 0 radical (unpaired) electrons. The number of nitrogens with one attached hydrogen (secondary N) is 1. The summed E-state index contributed by atoms with van der Waals surface area (Å²) < 4.78 is 3.08. The molecule has 3 aromatic carbocycles. The van der Waals surface area contributed by atoms with E-state index in [4.69, 9.17) is 0 Å². The van der Waals surface area contributed by atoms with Crippen molar-refractivity contribution in [2.24, 2.45) is 7.05 Å². The first kappa shape index (κ1) is 18.7. The van der Waals surface area contributed by atoms with E-state index in [1.807, 2.05) is 91.9 Å². The second-order valence-electron chi connectivity index (χ2n) is 7.32. The number of nitrogens with zero attached hydrogens (tertiary/aromatic N) is 2. The summed E-state index contributed by atoms with van der Waals surface area (Å²) in [5.74, 6) is -0.223. The molecule has 5 heteroatoms. The topological polar surface area (TPSA) is 56.0 Å². The Labute approximate surface area is 169 Å². The highest BCUT2D eigenvalue weighted by Crippen LogP contribution is 2.29. The summed E-state index contributed by atoms with van der Waals surface area (Å²) in [7, 11) is 1.72. The van der Waals surface area contributed by atoms with Crippen LogP contribution in [0, 0.1) is 0 Å². The molecule has 0 aliphatic rings. The van der Waals surface area contributed by atoms with Crippen LogP contribution in [0.4, 0.5) is 0 Å². The second kappa shape index (κ2) is 7.43. The van der Waals surface area contributed by atoms with Crippen LogP contribution in [0.5, 0.6) is 0 Å². The summed E-state index contributed by atoms with van der Waals surface area (Å²) >= 11 is 0. The van der Waals surface area contributed by atoms with Gasteiger partial charge in [0, 0.05) is 7.05 Å². The minimum atomic E-state index is -0.714. The van der Waals surface area contributed by atoms with Gasteiger partial charge in [-0.2, -0.15) is 0 Å². The van der Waals surface area contributed by atoms with Crippen LogP contribution in [-0.2, 0) is 23.9 Å². The maximum Gasteiger partial charge on any atom is 0.329 e. The van der Waals surface area contributed by atoms with E-state index >= 15 is 0 Å². The number of hydrogen-bond donors (Lipinski definition) is 1. The minimum absolute atomic E-state index is 0.0462. The third kappa shape index (κ3) is 3.36. The standard InChI is InChI=1S/C24H23N3O2/c1-24(18-11-5-3-6-12-18,19-13-7-4-8-14-19)25-22(28)17-27-21-16-10-9-15-20(21)26(2)23(27)29/h3-16H,17H2,1-2H3,(H,25,28). The molecule has 0 fully saturated rings. The zero-order valence-electron chi connectivity index (χ0n) is 16.5. The Morgan fingerprint density at radius 2 is 1.31 bits per heavy atom. The van der Waals surface area contributed by atoms with E-state index in [2.05, 4.69) is 5.32 Å². The molecule has 0 spiro atoms. The molecule has 0 saturated heterocycles. The highest BCUT2D eigenvalue weighted by atomic mass is 16.2. The summed E-state index contributed by atoms with van der Waals surface area (Å²) in [6, 6.07) is 27.2. The Balaban J connectivity index is 1.70. The predicted molar refractivity (Wildman–Crippen MR) is 115 cm³/mol. The molecule has 4 aromatic rings. The van der Waals surface area contributed by atoms with E-state index in [1.165, 1.54) is 4.57 Å². The van der Waals surface area contributed by atoms with E-state index in [1.54, 1.807) is 11.6 Å². The normalized spacial score (nSPS) is 11.5. The number of para-hydroxylation sites is 2. The molecular formula is C24H23N3O2. The van der Waals surface area contributed by atoms with Gasteiger partial charge in [-0.1, -0.05) is 72.8 Å². The summed E-state index contributed by atoms with van der Waals surface area (Å²) in [4.78, 5) is 25.8. The van der Waals surface area contributed by atoms with Crippen molar-refractivity contribution in [1.82, 2.24) is 14.5 Å². The van der Waals surface area contributed by atoms with Crippen molar-refractivity contribution >= 4 is 16.9 Å². The average molecular weight is 385 g/mol. The molecule has 1 heterocycles. The molecule has 0 aliphatic heterocycles. The molecule has 5 nitrogen and oxygen atoms in total. The molecule has 0 aliphatic carbocycles. The summed E-state index contributed by atoms with van der Waals surface area (Å²) in [6.07, 6.45) is 0. The third-order valence-corrected chi connectivity index (χ3v) is 5.45. The number of imidazole rings is 1. The first-order valence-electron chi connectivity index (χ1n) is 9.57. The number of carbonyl (C=O) groups is 1. The second-order valence-corrected chi connectivity index (χ2v) is 7.32. The Morgan fingerprint density at radius 1 is 0.828 bits per heavy atom. The number of aryl methyl sites for hydroxylation is 1. The van der Waals surface area contributed by atoms with Crippen molar-refractivity contribution in [3.63, 3.8) is 0 Å². The number of hydrogen-bond acceptors (Lipinski definition) is 2. The molecule has 0 bridgehead atoms. The highest BCUT2D eigenvalue weighted by Gasteiger charge is 2.30. The monoisotopic (exact) mass is 385 g/mol. The van der Waals surface area contributed by atoms with Crippen LogP contribution in [0.1, 0.15) is 18.1 Å². The summed E-state index contributed by atoms with van der Waals surface area (Å²) in [5.41, 5.74) is 2.58. The number of rotatable bonds is 5. The first-order valence-corrected chi connectivity index (χ1v) is 9.57. The lowest BCUT2D eigenvalue weighted by Crippen LogP contribution is -2.46. The maximum atomic E-state index is 13.1. The molecule has 29 heavy (non-hydrogen) atoms.